The van der Waals surface area contributed by atoms with E-state index >= 15 is 0 Å². The lowest BCUT2D eigenvalue weighted by molar-refractivity contribution is -0.144. The SMILES string of the molecule is C[C@H](Oc1ccc(Cl)cc1C=Nn1c(=O)[nH]c2ccccc2c1=O)C(=O)O. The zero-order chi connectivity index (χ0) is 19.6. The van der Waals surface area contributed by atoms with Crippen molar-refractivity contribution < 1.29 is 14.6 Å². The zero-order valence-corrected chi connectivity index (χ0v) is 14.8. The highest BCUT2D eigenvalue weighted by molar-refractivity contribution is 6.30. The van der Waals surface area contributed by atoms with E-state index in [1.807, 2.05) is 0 Å². The van der Waals surface area contributed by atoms with Crippen LogP contribution in [-0.4, -0.2) is 33.1 Å². The van der Waals surface area contributed by atoms with E-state index in [1.54, 1.807) is 24.3 Å². The van der Waals surface area contributed by atoms with Crippen molar-refractivity contribution in [2.45, 2.75) is 13.0 Å². The minimum atomic E-state index is -1.14. The second kappa shape index (κ2) is 7.46. The molecule has 27 heavy (non-hydrogen) atoms. The van der Waals surface area contributed by atoms with Gasteiger partial charge in [-0.15, -0.1) is 4.68 Å². The molecule has 2 N–H and O–H groups in total. The summed E-state index contributed by atoms with van der Waals surface area (Å²) >= 11 is 5.97. The molecule has 0 aliphatic carbocycles. The molecular weight excluding hydrogens is 374 g/mol. The Balaban J connectivity index is 2.05. The number of carboxylic acid groups (broad SMARTS) is 1. The van der Waals surface area contributed by atoms with E-state index < -0.39 is 23.3 Å². The number of rotatable bonds is 5. The van der Waals surface area contributed by atoms with Crippen molar-refractivity contribution in [1.82, 2.24) is 9.66 Å². The molecule has 0 amide bonds. The molecule has 0 spiro atoms. The molecule has 1 atom stereocenters. The predicted molar refractivity (Wildman–Crippen MR) is 101 cm³/mol. The highest BCUT2D eigenvalue weighted by Crippen LogP contribution is 2.22. The van der Waals surface area contributed by atoms with Crippen LogP contribution in [0.1, 0.15) is 12.5 Å². The van der Waals surface area contributed by atoms with Gasteiger partial charge >= 0.3 is 11.7 Å². The maximum atomic E-state index is 12.5. The van der Waals surface area contributed by atoms with Crippen molar-refractivity contribution in [3.63, 3.8) is 0 Å². The number of halogens is 1. The summed E-state index contributed by atoms with van der Waals surface area (Å²) < 4.78 is 6.03. The molecule has 3 aromatic rings. The third kappa shape index (κ3) is 3.90. The smallest absolute Gasteiger partial charge is 0.349 e. The Bertz CT molecular complexity index is 1170. The van der Waals surface area contributed by atoms with Crippen molar-refractivity contribution in [2.75, 3.05) is 0 Å². The van der Waals surface area contributed by atoms with Crippen LogP contribution in [0.4, 0.5) is 0 Å². The van der Waals surface area contributed by atoms with Crippen molar-refractivity contribution in [3.8, 4) is 5.75 Å². The number of aromatic nitrogens is 2. The first kappa shape index (κ1) is 18.4. The second-order valence-corrected chi connectivity index (χ2v) is 6.05. The molecule has 1 heterocycles. The van der Waals surface area contributed by atoms with Crippen LogP contribution in [0.2, 0.25) is 5.02 Å². The van der Waals surface area contributed by atoms with Gasteiger partial charge in [-0.05, 0) is 37.3 Å². The van der Waals surface area contributed by atoms with Crippen LogP contribution < -0.4 is 16.0 Å². The lowest BCUT2D eigenvalue weighted by Gasteiger charge is -2.12. The van der Waals surface area contributed by atoms with Crippen molar-refractivity contribution >= 4 is 34.7 Å². The minimum Gasteiger partial charge on any atom is -0.479 e. The fraction of sp³-hybridized carbons (Fsp3) is 0.111. The van der Waals surface area contributed by atoms with Crippen molar-refractivity contribution in [1.29, 1.82) is 0 Å². The fourth-order valence-electron chi connectivity index (χ4n) is 2.35. The average molecular weight is 388 g/mol. The third-order valence-electron chi connectivity index (χ3n) is 3.72. The first-order valence-electron chi connectivity index (χ1n) is 7.84. The van der Waals surface area contributed by atoms with E-state index in [0.29, 0.717) is 26.2 Å². The first-order valence-corrected chi connectivity index (χ1v) is 8.22. The summed E-state index contributed by atoms with van der Waals surface area (Å²) in [5.74, 6) is -0.946. The molecule has 138 valence electrons. The summed E-state index contributed by atoms with van der Waals surface area (Å²) in [6.45, 7) is 1.37. The molecule has 2 aromatic carbocycles. The Morgan fingerprint density at radius 3 is 2.78 bits per heavy atom. The van der Waals surface area contributed by atoms with E-state index in [2.05, 4.69) is 10.1 Å². The Labute approximate surface area is 157 Å². The number of ether oxygens (including phenoxy) is 1. The Kier molecular flexibility index (Phi) is 5.09. The molecule has 0 fully saturated rings. The number of aliphatic carboxylic acids is 1. The number of aromatic amines is 1. The summed E-state index contributed by atoms with van der Waals surface area (Å²) in [5, 5.41) is 13.6. The van der Waals surface area contributed by atoms with Gasteiger partial charge in [-0.3, -0.25) is 4.79 Å². The first-order chi connectivity index (χ1) is 12.9. The van der Waals surface area contributed by atoms with E-state index in [1.165, 1.54) is 31.3 Å². The molecule has 0 saturated carbocycles. The number of hydrogen-bond acceptors (Lipinski definition) is 5. The number of fused-ring (bicyclic) bond motifs is 1. The number of carboxylic acids is 1. The predicted octanol–water partition coefficient (Wildman–Crippen LogP) is 2.08. The Morgan fingerprint density at radius 2 is 2.04 bits per heavy atom. The molecule has 0 bridgehead atoms. The summed E-state index contributed by atoms with van der Waals surface area (Å²) in [5.41, 5.74) is -0.580. The minimum absolute atomic E-state index is 0.198. The highest BCUT2D eigenvalue weighted by Gasteiger charge is 2.15. The van der Waals surface area contributed by atoms with Gasteiger partial charge in [0.2, 0.25) is 0 Å². The van der Waals surface area contributed by atoms with Crippen LogP contribution in [0.5, 0.6) is 5.75 Å². The van der Waals surface area contributed by atoms with Crippen LogP contribution in [-0.2, 0) is 4.79 Å². The van der Waals surface area contributed by atoms with E-state index in [9.17, 15) is 14.4 Å². The lowest BCUT2D eigenvalue weighted by atomic mass is 10.2. The second-order valence-electron chi connectivity index (χ2n) is 5.62. The molecular formula is C18H14ClN3O5. The van der Waals surface area contributed by atoms with E-state index in [0.717, 1.165) is 0 Å². The van der Waals surface area contributed by atoms with Crippen LogP contribution >= 0.6 is 11.6 Å². The quantitative estimate of drug-likeness (QED) is 0.650. The van der Waals surface area contributed by atoms with Gasteiger partial charge < -0.3 is 14.8 Å². The number of benzene rings is 2. The van der Waals surface area contributed by atoms with Gasteiger partial charge in [0.1, 0.15) is 5.75 Å². The highest BCUT2D eigenvalue weighted by atomic mass is 35.5. The van der Waals surface area contributed by atoms with Crippen LogP contribution in [0, 0.1) is 0 Å². The van der Waals surface area contributed by atoms with Gasteiger partial charge in [-0.25, -0.2) is 9.59 Å². The zero-order valence-electron chi connectivity index (χ0n) is 14.0. The molecule has 0 aliphatic rings. The largest absolute Gasteiger partial charge is 0.479 e. The number of H-pyrrole nitrogens is 1. The van der Waals surface area contributed by atoms with Gasteiger partial charge in [0.25, 0.3) is 5.56 Å². The van der Waals surface area contributed by atoms with Crippen LogP contribution in [0.15, 0.2) is 57.2 Å². The van der Waals surface area contributed by atoms with Gasteiger partial charge in [-0.1, -0.05) is 23.7 Å². The number of hydrogen-bond donors (Lipinski definition) is 2. The standard InChI is InChI=1S/C18H14ClN3O5/c1-10(17(24)25)27-15-7-6-12(19)8-11(15)9-20-22-16(23)13-4-2-3-5-14(13)21-18(22)26/h2-10H,1H3,(H,21,26)(H,24,25)/t10-/m0/s1. The van der Waals surface area contributed by atoms with Gasteiger partial charge in [-0.2, -0.15) is 5.10 Å². The molecule has 9 heteroatoms. The van der Waals surface area contributed by atoms with E-state index in [4.69, 9.17) is 21.4 Å². The molecule has 0 saturated heterocycles. The molecule has 3 rings (SSSR count). The monoisotopic (exact) mass is 387 g/mol. The maximum Gasteiger partial charge on any atom is 0.349 e. The topological polar surface area (TPSA) is 114 Å². The van der Waals surface area contributed by atoms with Crippen molar-refractivity contribution in [3.05, 3.63) is 73.9 Å². The van der Waals surface area contributed by atoms with Gasteiger partial charge in [0, 0.05) is 10.6 Å². The summed E-state index contributed by atoms with van der Waals surface area (Å²) in [7, 11) is 0. The van der Waals surface area contributed by atoms with Gasteiger partial charge in [0.05, 0.1) is 17.1 Å². The molecule has 0 unspecified atom stereocenters. The van der Waals surface area contributed by atoms with Crippen molar-refractivity contribution in [2.24, 2.45) is 5.10 Å². The number of nitrogens with one attached hydrogen (secondary N) is 1. The number of para-hydroxylation sites is 1. The Hall–Kier alpha value is -3.39. The van der Waals surface area contributed by atoms with E-state index in [-0.39, 0.29) is 5.75 Å². The number of carbonyl (C=O) groups is 1. The van der Waals surface area contributed by atoms with Crippen LogP contribution in [0.25, 0.3) is 10.9 Å². The normalized spacial score (nSPS) is 12.4. The average Bonchev–Trinajstić information content (AvgIpc) is 2.63. The lowest BCUT2D eigenvalue weighted by Crippen LogP contribution is -2.32. The molecule has 8 nitrogen and oxygen atoms in total. The molecule has 0 aliphatic heterocycles. The Morgan fingerprint density at radius 1 is 1.30 bits per heavy atom. The molecule has 0 radical (unpaired) electrons. The van der Waals surface area contributed by atoms with Crippen LogP contribution in [0.3, 0.4) is 0 Å². The maximum absolute atomic E-state index is 12.5. The summed E-state index contributed by atoms with van der Waals surface area (Å²) in [6.07, 6.45) is 0.103. The molecule has 1 aromatic heterocycles. The summed E-state index contributed by atoms with van der Waals surface area (Å²) in [4.78, 5) is 38.2. The fourth-order valence-corrected chi connectivity index (χ4v) is 2.53. The van der Waals surface area contributed by atoms with Gasteiger partial charge in [0.15, 0.2) is 6.10 Å². The number of nitrogens with zero attached hydrogens (tertiary/aromatic N) is 2. The third-order valence-corrected chi connectivity index (χ3v) is 3.95. The summed E-state index contributed by atoms with van der Waals surface area (Å²) in [6, 6.07) is 11.0.